The molecule has 3 N–H and O–H groups in total. The second kappa shape index (κ2) is 5.83. The highest BCUT2D eigenvalue weighted by Crippen LogP contribution is 2.20. The lowest BCUT2D eigenvalue weighted by molar-refractivity contribution is -0.146. The molecule has 0 saturated carbocycles. The van der Waals surface area contributed by atoms with E-state index in [1.54, 1.807) is 12.1 Å². The van der Waals surface area contributed by atoms with E-state index in [0.29, 0.717) is 9.21 Å². The van der Waals surface area contributed by atoms with Gasteiger partial charge in [-0.15, -0.1) is 11.3 Å². The van der Waals surface area contributed by atoms with Crippen LogP contribution in [-0.2, 0) is 4.79 Å². The van der Waals surface area contributed by atoms with Crippen molar-refractivity contribution in [3.8, 4) is 0 Å². The highest BCUT2D eigenvalue weighted by molar-refractivity contribution is 7.17. The van der Waals surface area contributed by atoms with Crippen LogP contribution in [0.3, 0.4) is 0 Å². The maximum Gasteiger partial charge on any atom is 0.332 e. The zero-order valence-corrected chi connectivity index (χ0v) is 9.72. The number of nitrogens with one attached hydrogen (secondary N) is 1. The normalized spacial score (nSPS) is 12.1. The summed E-state index contributed by atoms with van der Waals surface area (Å²) in [4.78, 5) is 22.1. The van der Waals surface area contributed by atoms with Crippen molar-refractivity contribution in [3.63, 3.8) is 0 Å². The number of aliphatic hydroxyl groups excluding tert-OH is 1. The van der Waals surface area contributed by atoms with Crippen LogP contribution in [0.15, 0.2) is 12.1 Å². The molecule has 0 radical (unpaired) electrons. The van der Waals surface area contributed by atoms with Gasteiger partial charge < -0.3 is 15.5 Å². The van der Waals surface area contributed by atoms with Crippen LogP contribution in [0.1, 0.15) is 16.1 Å². The molecule has 1 rings (SSSR count). The first kappa shape index (κ1) is 13.0. The first-order valence-electron chi connectivity index (χ1n) is 4.45. The van der Waals surface area contributed by atoms with E-state index in [4.69, 9.17) is 21.8 Å². The van der Waals surface area contributed by atoms with E-state index in [1.807, 2.05) is 0 Å². The predicted octanol–water partition coefficient (Wildman–Crippen LogP) is 0.967. The number of carboxylic acid groups (broad SMARTS) is 1. The summed E-state index contributed by atoms with van der Waals surface area (Å²) in [6.45, 7) is 0.0990. The summed E-state index contributed by atoms with van der Waals surface area (Å²) in [5.74, 6) is -1.62. The van der Waals surface area contributed by atoms with Crippen LogP contribution in [-0.4, -0.2) is 34.7 Å². The number of carboxylic acids is 1. The second-order valence-corrected chi connectivity index (χ2v) is 4.72. The van der Waals surface area contributed by atoms with Crippen molar-refractivity contribution in [2.75, 3.05) is 6.54 Å². The molecule has 0 aliphatic carbocycles. The van der Waals surface area contributed by atoms with Gasteiger partial charge in [-0.05, 0) is 12.1 Å². The van der Waals surface area contributed by atoms with Crippen LogP contribution in [0.5, 0.6) is 0 Å². The Morgan fingerprint density at radius 1 is 1.50 bits per heavy atom. The largest absolute Gasteiger partial charge is 0.479 e. The Labute approximate surface area is 101 Å². The SMILES string of the molecule is O=C(NCCC(O)C(=O)O)c1ccc(Cl)s1. The molecule has 0 saturated heterocycles. The number of carbonyl (C=O) groups is 2. The van der Waals surface area contributed by atoms with Gasteiger partial charge in [0.1, 0.15) is 0 Å². The molecule has 0 aliphatic rings. The molecule has 0 fully saturated rings. The van der Waals surface area contributed by atoms with Crippen LogP contribution in [0.25, 0.3) is 0 Å². The van der Waals surface area contributed by atoms with Crippen LogP contribution in [0.4, 0.5) is 0 Å². The second-order valence-electron chi connectivity index (χ2n) is 3.00. The van der Waals surface area contributed by atoms with Crippen LogP contribution in [0, 0.1) is 0 Å². The van der Waals surface area contributed by atoms with E-state index in [0.717, 1.165) is 11.3 Å². The Bertz CT molecular complexity index is 393. The van der Waals surface area contributed by atoms with E-state index < -0.39 is 12.1 Å². The highest BCUT2D eigenvalue weighted by Gasteiger charge is 2.13. The van der Waals surface area contributed by atoms with Crippen molar-refractivity contribution in [1.29, 1.82) is 0 Å². The third-order valence-electron chi connectivity index (χ3n) is 1.79. The summed E-state index contributed by atoms with van der Waals surface area (Å²) in [6, 6.07) is 3.18. The van der Waals surface area contributed by atoms with Gasteiger partial charge >= 0.3 is 5.97 Å². The number of hydrogen-bond acceptors (Lipinski definition) is 4. The lowest BCUT2D eigenvalue weighted by atomic mass is 10.2. The summed E-state index contributed by atoms with van der Waals surface area (Å²) in [5.41, 5.74) is 0. The minimum atomic E-state index is -1.45. The Kier molecular flexibility index (Phi) is 4.72. The lowest BCUT2D eigenvalue weighted by Crippen LogP contribution is -2.29. The summed E-state index contributed by atoms with van der Waals surface area (Å²) in [6.07, 6.45) is -1.48. The van der Waals surface area contributed by atoms with Crippen molar-refractivity contribution in [2.45, 2.75) is 12.5 Å². The molecule has 16 heavy (non-hydrogen) atoms. The molecule has 0 aromatic carbocycles. The molecule has 7 heteroatoms. The van der Waals surface area contributed by atoms with E-state index in [1.165, 1.54) is 0 Å². The number of halogens is 1. The van der Waals surface area contributed by atoms with Gasteiger partial charge in [-0.1, -0.05) is 11.6 Å². The van der Waals surface area contributed by atoms with Crippen LogP contribution >= 0.6 is 22.9 Å². The van der Waals surface area contributed by atoms with Gasteiger partial charge in [-0.2, -0.15) is 0 Å². The number of rotatable bonds is 5. The number of carbonyl (C=O) groups excluding carboxylic acids is 1. The van der Waals surface area contributed by atoms with Crippen molar-refractivity contribution in [2.24, 2.45) is 0 Å². The zero-order valence-electron chi connectivity index (χ0n) is 8.14. The van der Waals surface area contributed by atoms with Gasteiger partial charge in [0.25, 0.3) is 5.91 Å². The number of aliphatic hydroxyl groups is 1. The van der Waals surface area contributed by atoms with Gasteiger partial charge in [0.2, 0.25) is 0 Å². The Morgan fingerprint density at radius 3 is 2.69 bits per heavy atom. The van der Waals surface area contributed by atoms with E-state index in [9.17, 15) is 9.59 Å². The molecule has 5 nitrogen and oxygen atoms in total. The number of hydrogen-bond donors (Lipinski definition) is 3. The molecule has 0 aliphatic heterocycles. The van der Waals surface area contributed by atoms with Gasteiger partial charge in [0.15, 0.2) is 6.10 Å². The summed E-state index contributed by atoms with van der Waals surface area (Å²) in [7, 11) is 0. The van der Waals surface area contributed by atoms with Crippen molar-refractivity contribution < 1.29 is 19.8 Å². The third-order valence-corrected chi connectivity index (χ3v) is 3.02. The molecular formula is C9H10ClNO4S. The first-order chi connectivity index (χ1) is 7.50. The fourth-order valence-electron chi connectivity index (χ4n) is 0.969. The molecule has 1 unspecified atom stereocenters. The molecule has 0 spiro atoms. The monoisotopic (exact) mass is 263 g/mol. The summed E-state index contributed by atoms with van der Waals surface area (Å²) in [5, 5.41) is 19.8. The zero-order chi connectivity index (χ0) is 12.1. The highest BCUT2D eigenvalue weighted by atomic mass is 35.5. The van der Waals surface area contributed by atoms with E-state index in [2.05, 4.69) is 5.32 Å². The molecule has 1 aromatic rings. The van der Waals surface area contributed by atoms with Crippen molar-refractivity contribution in [3.05, 3.63) is 21.3 Å². The summed E-state index contributed by atoms with van der Waals surface area (Å²) < 4.78 is 0.510. The Balaban J connectivity index is 2.34. The topological polar surface area (TPSA) is 86.6 Å². The molecule has 88 valence electrons. The minimum absolute atomic E-state index is 0.0276. The van der Waals surface area contributed by atoms with Gasteiger partial charge in [0, 0.05) is 13.0 Å². The smallest absolute Gasteiger partial charge is 0.332 e. The average molecular weight is 264 g/mol. The van der Waals surface area contributed by atoms with Gasteiger partial charge in [0.05, 0.1) is 9.21 Å². The van der Waals surface area contributed by atoms with Crippen LogP contribution < -0.4 is 5.32 Å². The molecule has 0 bridgehead atoms. The number of thiophene rings is 1. The standard InChI is InChI=1S/C9H10ClNO4S/c10-7-2-1-6(16-7)8(13)11-4-3-5(12)9(14)15/h1-2,5,12H,3-4H2,(H,11,13)(H,14,15). The number of aliphatic carboxylic acids is 1. The molecule has 1 amide bonds. The van der Waals surface area contributed by atoms with Crippen LogP contribution in [0.2, 0.25) is 4.34 Å². The number of amides is 1. The third kappa shape index (κ3) is 3.80. The lowest BCUT2D eigenvalue weighted by Gasteiger charge is -2.05. The maximum atomic E-state index is 11.4. The Hall–Kier alpha value is -1.11. The van der Waals surface area contributed by atoms with E-state index >= 15 is 0 Å². The van der Waals surface area contributed by atoms with E-state index in [-0.39, 0.29) is 18.9 Å². The summed E-state index contributed by atoms with van der Waals surface area (Å²) >= 11 is 6.79. The Morgan fingerprint density at radius 2 is 2.19 bits per heavy atom. The minimum Gasteiger partial charge on any atom is -0.479 e. The molecule has 1 heterocycles. The van der Waals surface area contributed by atoms with Crippen molar-refractivity contribution >= 4 is 34.8 Å². The van der Waals surface area contributed by atoms with Crippen molar-refractivity contribution in [1.82, 2.24) is 5.32 Å². The quantitative estimate of drug-likeness (QED) is 0.739. The van der Waals surface area contributed by atoms with Gasteiger partial charge in [-0.3, -0.25) is 4.79 Å². The average Bonchev–Trinajstić information content (AvgIpc) is 2.64. The molecule has 1 aromatic heterocycles. The first-order valence-corrected chi connectivity index (χ1v) is 5.64. The molecular weight excluding hydrogens is 254 g/mol. The fourth-order valence-corrected chi connectivity index (χ4v) is 1.93. The van der Waals surface area contributed by atoms with Gasteiger partial charge in [-0.25, -0.2) is 4.79 Å². The molecule has 1 atom stereocenters. The maximum absolute atomic E-state index is 11.4. The fraction of sp³-hybridized carbons (Fsp3) is 0.333. The predicted molar refractivity (Wildman–Crippen MR) is 59.9 cm³/mol.